The molecule has 84 valence electrons. The van der Waals surface area contributed by atoms with Gasteiger partial charge in [-0.05, 0) is 23.3 Å². The van der Waals surface area contributed by atoms with E-state index in [1.807, 2.05) is 36.4 Å². The minimum Gasteiger partial charge on any atom is -0.399 e. The number of nitrogen functional groups attached to an aromatic ring is 1. The zero-order valence-corrected chi connectivity index (χ0v) is 9.23. The Kier molecular flexibility index (Phi) is 2.11. The first kappa shape index (κ1) is 9.90. The van der Waals surface area contributed by atoms with Crippen LogP contribution < -0.4 is 11.1 Å². The number of carbonyl (C=O) groups is 1. The van der Waals surface area contributed by atoms with Gasteiger partial charge in [-0.15, -0.1) is 0 Å². The molecule has 3 heteroatoms. The number of amides is 1. The van der Waals surface area contributed by atoms with Crippen molar-refractivity contribution in [3.63, 3.8) is 0 Å². The van der Waals surface area contributed by atoms with E-state index in [9.17, 15) is 4.79 Å². The maximum atomic E-state index is 11.8. The molecule has 1 amide bonds. The molecule has 0 spiro atoms. The van der Waals surface area contributed by atoms with Gasteiger partial charge in [0.05, 0.1) is 12.1 Å². The van der Waals surface area contributed by atoms with Crippen molar-refractivity contribution >= 4 is 17.3 Å². The van der Waals surface area contributed by atoms with Crippen molar-refractivity contribution in [2.45, 2.75) is 6.42 Å². The van der Waals surface area contributed by atoms with Crippen molar-refractivity contribution in [2.75, 3.05) is 11.1 Å². The Bertz CT molecular complexity index is 605. The van der Waals surface area contributed by atoms with Gasteiger partial charge in [0, 0.05) is 11.3 Å². The third-order valence-corrected chi connectivity index (χ3v) is 2.98. The Morgan fingerprint density at radius 1 is 1.06 bits per heavy atom. The molecule has 3 nitrogen and oxygen atoms in total. The van der Waals surface area contributed by atoms with Crippen LogP contribution in [0.25, 0.3) is 11.1 Å². The fraction of sp³-hybridized carbons (Fsp3) is 0.0714. The van der Waals surface area contributed by atoms with E-state index < -0.39 is 0 Å². The maximum absolute atomic E-state index is 11.8. The number of hydrogen-bond donors (Lipinski definition) is 2. The second-order valence-corrected chi connectivity index (χ2v) is 4.19. The fourth-order valence-electron chi connectivity index (χ4n) is 2.20. The first-order valence-corrected chi connectivity index (χ1v) is 5.52. The van der Waals surface area contributed by atoms with Gasteiger partial charge in [-0.2, -0.15) is 0 Å². The number of carbonyl (C=O) groups excluding carboxylic acids is 1. The van der Waals surface area contributed by atoms with E-state index >= 15 is 0 Å². The Balaban J connectivity index is 2.29. The van der Waals surface area contributed by atoms with E-state index in [0.717, 1.165) is 22.4 Å². The van der Waals surface area contributed by atoms with Crippen LogP contribution in [0.2, 0.25) is 0 Å². The van der Waals surface area contributed by atoms with Gasteiger partial charge in [-0.1, -0.05) is 30.3 Å². The van der Waals surface area contributed by atoms with Crippen LogP contribution in [0.1, 0.15) is 5.56 Å². The van der Waals surface area contributed by atoms with E-state index in [4.69, 9.17) is 5.73 Å². The SMILES string of the molecule is Nc1ccc2c(c1)NC(=O)Cc1ccccc1-2. The summed E-state index contributed by atoms with van der Waals surface area (Å²) >= 11 is 0. The standard InChI is InChI=1S/C14H12N2O/c15-10-5-6-12-11-4-2-1-3-9(11)7-14(17)16-13(12)8-10/h1-6,8H,7,15H2,(H,16,17). The van der Waals surface area contributed by atoms with Crippen LogP contribution in [0.15, 0.2) is 42.5 Å². The minimum atomic E-state index is 0.00167. The van der Waals surface area contributed by atoms with Crippen molar-refractivity contribution in [1.29, 1.82) is 0 Å². The molecule has 0 saturated heterocycles. The molecule has 3 rings (SSSR count). The highest BCUT2D eigenvalue weighted by atomic mass is 16.1. The zero-order valence-electron chi connectivity index (χ0n) is 9.23. The Hall–Kier alpha value is -2.29. The Morgan fingerprint density at radius 2 is 1.88 bits per heavy atom. The second-order valence-electron chi connectivity index (χ2n) is 4.19. The van der Waals surface area contributed by atoms with Gasteiger partial charge >= 0.3 is 0 Å². The highest BCUT2D eigenvalue weighted by Gasteiger charge is 2.17. The van der Waals surface area contributed by atoms with E-state index in [0.29, 0.717) is 12.1 Å². The normalized spacial score (nSPS) is 13.3. The van der Waals surface area contributed by atoms with Gasteiger partial charge < -0.3 is 11.1 Å². The second kappa shape index (κ2) is 3.63. The first-order chi connectivity index (χ1) is 8.24. The highest BCUT2D eigenvalue weighted by Crippen LogP contribution is 2.34. The van der Waals surface area contributed by atoms with Crippen LogP contribution in [-0.4, -0.2) is 5.91 Å². The van der Waals surface area contributed by atoms with Crippen LogP contribution >= 0.6 is 0 Å². The summed E-state index contributed by atoms with van der Waals surface area (Å²) in [5.74, 6) is 0.00167. The lowest BCUT2D eigenvalue weighted by Crippen LogP contribution is -2.12. The lowest BCUT2D eigenvalue weighted by molar-refractivity contribution is -0.115. The maximum Gasteiger partial charge on any atom is 0.228 e. The molecular weight excluding hydrogens is 212 g/mol. The predicted molar refractivity (Wildman–Crippen MR) is 68.6 cm³/mol. The third kappa shape index (κ3) is 1.65. The van der Waals surface area contributed by atoms with Gasteiger partial charge in [-0.25, -0.2) is 0 Å². The molecule has 2 aromatic carbocycles. The van der Waals surface area contributed by atoms with Gasteiger partial charge in [-0.3, -0.25) is 4.79 Å². The fourth-order valence-corrected chi connectivity index (χ4v) is 2.20. The number of nitrogens with two attached hydrogens (primary N) is 1. The molecule has 0 aliphatic carbocycles. The molecule has 0 atom stereocenters. The van der Waals surface area contributed by atoms with Crippen molar-refractivity contribution in [3.8, 4) is 11.1 Å². The van der Waals surface area contributed by atoms with Crippen LogP contribution in [0.3, 0.4) is 0 Å². The van der Waals surface area contributed by atoms with Crippen molar-refractivity contribution in [1.82, 2.24) is 0 Å². The summed E-state index contributed by atoms with van der Waals surface area (Å²) in [5.41, 5.74) is 10.4. The lowest BCUT2D eigenvalue weighted by Gasteiger charge is -2.09. The predicted octanol–water partition coefficient (Wildman–Crippen LogP) is 2.43. The number of hydrogen-bond acceptors (Lipinski definition) is 2. The topological polar surface area (TPSA) is 55.1 Å². The molecule has 1 heterocycles. The number of fused-ring (bicyclic) bond motifs is 3. The van der Waals surface area contributed by atoms with Crippen molar-refractivity contribution in [3.05, 3.63) is 48.0 Å². The number of benzene rings is 2. The summed E-state index contributed by atoms with van der Waals surface area (Å²) < 4.78 is 0. The quantitative estimate of drug-likeness (QED) is 0.675. The van der Waals surface area contributed by atoms with Crippen LogP contribution in [0.4, 0.5) is 11.4 Å². The monoisotopic (exact) mass is 224 g/mol. The van der Waals surface area contributed by atoms with E-state index in [1.54, 1.807) is 6.07 Å². The van der Waals surface area contributed by atoms with E-state index in [2.05, 4.69) is 5.32 Å². The van der Waals surface area contributed by atoms with Gasteiger partial charge in [0.1, 0.15) is 0 Å². The summed E-state index contributed by atoms with van der Waals surface area (Å²) in [5, 5.41) is 2.89. The molecule has 17 heavy (non-hydrogen) atoms. The van der Waals surface area contributed by atoms with Crippen molar-refractivity contribution in [2.24, 2.45) is 0 Å². The van der Waals surface area contributed by atoms with Crippen LogP contribution in [0, 0.1) is 0 Å². The van der Waals surface area contributed by atoms with Crippen LogP contribution in [-0.2, 0) is 11.2 Å². The average Bonchev–Trinajstić information content (AvgIpc) is 2.43. The van der Waals surface area contributed by atoms with Gasteiger partial charge in [0.15, 0.2) is 0 Å². The molecule has 0 aromatic heterocycles. The summed E-state index contributed by atoms with van der Waals surface area (Å²) in [6.07, 6.45) is 0.407. The molecule has 0 saturated carbocycles. The summed E-state index contributed by atoms with van der Waals surface area (Å²) in [6, 6.07) is 13.6. The largest absolute Gasteiger partial charge is 0.399 e. The molecule has 1 aliphatic rings. The molecule has 1 aliphatic heterocycles. The summed E-state index contributed by atoms with van der Waals surface area (Å²) in [7, 11) is 0. The molecular formula is C14H12N2O. The molecule has 0 fully saturated rings. The third-order valence-electron chi connectivity index (χ3n) is 2.98. The van der Waals surface area contributed by atoms with Crippen LogP contribution in [0.5, 0.6) is 0 Å². The van der Waals surface area contributed by atoms with E-state index in [-0.39, 0.29) is 5.91 Å². The summed E-state index contributed by atoms with van der Waals surface area (Å²) in [6.45, 7) is 0. The van der Waals surface area contributed by atoms with E-state index in [1.165, 1.54) is 0 Å². The minimum absolute atomic E-state index is 0.00167. The number of nitrogens with one attached hydrogen (secondary N) is 1. The molecule has 0 bridgehead atoms. The molecule has 0 radical (unpaired) electrons. The number of rotatable bonds is 0. The Morgan fingerprint density at radius 3 is 2.76 bits per heavy atom. The smallest absolute Gasteiger partial charge is 0.228 e. The molecule has 0 unspecified atom stereocenters. The molecule has 2 aromatic rings. The Labute approximate surface area is 99.3 Å². The van der Waals surface area contributed by atoms with Gasteiger partial charge in [0.25, 0.3) is 0 Å². The lowest BCUT2D eigenvalue weighted by atomic mass is 9.98. The summed E-state index contributed by atoms with van der Waals surface area (Å²) in [4.78, 5) is 11.8. The molecule has 3 N–H and O–H groups in total. The van der Waals surface area contributed by atoms with Crippen molar-refractivity contribution < 1.29 is 4.79 Å². The number of anilines is 2. The van der Waals surface area contributed by atoms with Gasteiger partial charge in [0.2, 0.25) is 5.91 Å². The first-order valence-electron chi connectivity index (χ1n) is 5.52. The zero-order chi connectivity index (χ0) is 11.8. The highest BCUT2D eigenvalue weighted by molar-refractivity contribution is 6.01. The average molecular weight is 224 g/mol.